The summed E-state index contributed by atoms with van der Waals surface area (Å²) in [5.74, 6) is 0.441. The first-order valence-electron chi connectivity index (χ1n) is 4.84. The average Bonchev–Trinajstić information content (AvgIpc) is 1.81. The second kappa shape index (κ2) is 5.77. The molecule has 0 N–H and O–H groups in total. The van der Waals surface area contributed by atoms with Crippen LogP contribution >= 0.6 is 7.68 Å². The maximum atomic E-state index is 13.1. The minimum atomic E-state index is -3.80. The van der Waals surface area contributed by atoms with E-state index < -0.39 is 7.68 Å². The zero-order chi connectivity index (χ0) is 10.5. The van der Waals surface area contributed by atoms with Crippen LogP contribution in [0.3, 0.4) is 0 Å². The molecule has 0 aliphatic carbocycles. The number of rotatable bonds is 6. The molecule has 0 spiro atoms. The molecule has 0 aromatic carbocycles. The van der Waals surface area contributed by atoms with Gasteiger partial charge in [0.25, 0.3) is 0 Å². The molecule has 0 radical (unpaired) electrons. The summed E-state index contributed by atoms with van der Waals surface area (Å²) in [6, 6.07) is 0. The molecule has 0 aliphatic rings. The predicted octanol–water partition coefficient (Wildman–Crippen LogP) is 4.01. The Kier molecular flexibility index (Phi) is 5.82. The molecule has 2 unspecified atom stereocenters. The standard InChI is InChI=1S/C9H20FO2P/c1-5-6-13(10,11)12-9(4)7-8(2)3/h8-9H,5-7H2,1-4H3. The summed E-state index contributed by atoms with van der Waals surface area (Å²) in [6.45, 7) is 7.62. The third kappa shape index (κ3) is 7.21. The fraction of sp³-hybridized carbons (Fsp3) is 1.00. The van der Waals surface area contributed by atoms with Crippen LogP contribution in [-0.4, -0.2) is 12.3 Å². The van der Waals surface area contributed by atoms with E-state index in [0.29, 0.717) is 12.3 Å². The fourth-order valence-electron chi connectivity index (χ4n) is 1.30. The number of hydrogen-bond donors (Lipinski definition) is 0. The molecule has 0 saturated heterocycles. The van der Waals surface area contributed by atoms with E-state index in [2.05, 4.69) is 0 Å². The van der Waals surface area contributed by atoms with Crippen molar-refractivity contribution in [2.24, 2.45) is 5.92 Å². The zero-order valence-electron chi connectivity index (χ0n) is 8.92. The van der Waals surface area contributed by atoms with Crippen molar-refractivity contribution in [1.29, 1.82) is 0 Å². The Balaban J connectivity index is 3.89. The molecule has 0 aliphatic heterocycles. The lowest BCUT2D eigenvalue weighted by Crippen LogP contribution is -2.09. The van der Waals surface area contributed by atoms with Crippen LogP contribution in [0.25, 0.3) is 0 Å². The molecule has 0 aromatic rings. The molecule has 0 bridgehead atoms. The smallest absolute Gasteiger partial charge is 0.302 e. The van der Waals surface area contributed by atoms with Crippen LogP contribution in [0.15, 0.2) is 0 Å². The Bertz CT molecular complexity index is 182. The van der Waals surface area contributed by atoms with Gasteiger partial charge in [0, 0.05) is 0 Å². The van der Waals surface area contributed by atoms with Crippen molar-refractivity contribution in [2.45, 2.75) is 46.6 Å². The van der Waals surface area contributed by atoms with Crippen LogP contribution in [0.5, 0.6) is 0 Å². The van der Waals surface area contributed by atoms with E-state index in [9.17, 15) is 8.76 Å². The Labute approximate surface area is 80.4 Å². The van der Waals surface area contributed by atoms with Gasteiger partial charge in [-0.25, -0.2) is 0 Å². The molecule has 80 valence electrons. The van der Waals surface area contributed by atoms with Crippen molar-refractivity contribution in [3.05, 3.63) is 0 Å². The van der Waals surface area contributed by atoms with Crippen LogP contribution in [0.4, 0.5) is 4.20 Å². The van der Waals surface area contributed by atoms with Crippen molar-refractivity contribution in [1.82, 2.24) is 0 Å². The van der Waals surface area contributed by atoms with Crippen LogP contribution in [0, 0.1) is 5.92 Å². The molecule has 0 saturated carbocycles. The lowest BCUT2D eigenvalue weighted by Gasteiger charge is -2.17. The maximum absolute atomic E-state index is 13.1. The summed E-state index contributed by atoms with van der Waals surface area (Å²) in [5, 5.41) is 0. The average molecular weight is 210 g/mol. The highest BCUT2D eigenvalue weighted by molar-refractivity contribution is 7.53. The van der Waals surface area contributed by atoms with Gasteiger partial charge in [-0.2, -0.15) is 4.20 Å². The topological polar surface area (TPSA) is 26.3 Å². The van der Waals surface area contributed by atoms with Crippen molar-refractivity contribution < 1.29 is 13.3 Å². The highest BCUT2D eigenvalue weighted by atomic mass is 31.2. The minimum absolute atomic E-state index is 0.0371. The third-order valence-electron chi connectivity index (χ3n) is 1.63. The Morgan fingerprint density at radius 3 is 2.31 bits per heavy atom. The van der Waals surface area contributed by atoms with Gasteiger partial charge >= 0.3 is 7.68 Å². The third-order valence-corrected chi connectivity index (χ3v) is 3.29. The Hall–Kier alpha value is 0.120. The highest BCUT2D eigenvalue weighted by Gasteiger charge is 2.23. The second-order valence-electron chi connectivity index (χ2n) is 3.86. The number of hydrogen-bond acceptors (Lipinski definition) is 2. The van der Waals surface area contributed by atoms with Crippen molar-refractivity contribution in [3.63, 3.8) is 0 Å². The molecule has 2 atom stereocenters. The van der Waals surface area contributed by atoms with Crippen LogP contribution in [0.2, 0.25) is 0 Å². The van der Waals surface area contributed by atoms with Gasteiger partial charge in [-0.15, -0.1) is 0 Å². The van der Waals surface area contributed by atoms with Gasteiger partial charge in [0.15, 0.2) is 0 Å². The van der Waals surface area contributed by atoms with E-state index in [1.807, 2.05) is 13.8 Å². The van der Waals surface area contributed by atoms with Crippen LogP contribution in [-0.2, 0) is 9.09 Å². The van der Waals surface area contributed by atoms with E-state index >= 15 is 0 Å². The molecule has 0 heterocycles. The summed E-state index contributed by atoms with van der Waals surface area (Å²) < 4.78 is 29.1. The Morgan fingerprint density at radius 2 is 1.92 bits per heavy atom. The molecular weight excluding hydrogens is 190 g/mol. The zero-order valence-corrected chi connectivity index (χ0v) is 9.81. The van der Waals surface area contributed by atoms with Gasteiger partial charge in [0.2, 0.25) is 0 Å². The summed E-state index contributed by atoms with van der Waals surface area (Å²) in [4.78, 5) is 0. The van der Waals surface area contributed by atoms with E-state index in [1.54, 1.807) is 13.8 Å². The van der Waals surface area contributed by atoms with Gasteiger partial charge in [-0.3, -0.25) is 4.57 Å². The Morgan fingerprint density at radius 1 is 1.38 bits per heavy atom. The molecule has 2 nitrogen and oxygen atoms in total. The second-order valence-corrected chi connectivity index (χ2v) is 5.70. The minimum Gasteiger partial charge on any atom is -0.302 e. The normalized spacial score (nSPS) is 18.6. The predicted molar refractivity (Wildman–Crippen MR) is 53.9 cm³/mol. The van der Waals surface area contributed by atoms with Gasteiger partial charge in [0.1, 0.15) is 0 Å². The number of halogens is 1. The van der Waals surface area contributed by atoms with Gasteiger partial charge in [-0.1, -0.05) is 20.8 Å². The van der Waals surface area contributed by atoms with Crippen molar-refractivity contribution in [3.8, 4) is 0 Å². The van der Waals surface area contributed by atoms with Gasteiger partial charge < -0.3 is 4.52 Å². The molecule has 0 aromatic heterocycles. The fourth-order valence-corrected chi connectivity index (χ4v) is 2.56. The van der Waals surface area contributed by atoms with Gasteiger partial charge in [-0.05, 0) is 25.7 Å². The first-order chi connectivity index (χ1) is 5.87. The van der Waals surface area contributed by atoms with E-state index in [0.717, 1.165) is 6.42 Å². The summed E-state index contributed by atoms with van der Waals surface area (Å²) >= 11 is 0. The quantitative estimate of drug-likeness (QED) is 0.619. The molecule has 13 heavy (non-hydrogen) atoms. The molecule has 4 heteroatoms. The van der Waals surface area contributed by atoms with E-state index in [1.165, 1.54) is 0 Å². The van der Waals surface area contributed by atoms with E-state index in [-0.39, 0.29) is 12.3 Å². The summed E-state index contributed by atoms with van der Waals surface area (Å²) in [7, 11) is -3.80. The van der Waals surface area contributed by atoms with Crippen molar-refractivity contribution >= 4 is 7.68 Å². The van der Waals surface area contributed by atoms with Crippen molar-refractivity contribution in [2.75, 3.05) is 6.16 Å². The van der Waals surface area contributed by atoms with Gasteiger partial charge in [0.05, 0.1) is 12.3 Å². The van der Waals surface area contributed by atoms with Crippen LogP contribution in [0.1, 0.15) is 40.5 Å². The maximum Gasteiger partial charge on any atom is 0.367 e. The first-order valence-corrected chi connectivity index (χ1v) is 6.54. The molecular formula is C9H20FO2P. The monoisotopic (exact) mass is 210 g/mol. The summed E-state index contributed by atoms with van der Waals surface area (Å²) in [6.07, 6.45) is 1.09. The summed E-state index contributed by atoms with van der Waals surface area (Å²) in [5.41, 5.74) is 0. The molecule has 0 fully saturated rings. The van der Waals surface area contributed by atoms with E-state index in [4.69, 9.17) is 4.52 Å². The highest BCUT2D eigenvalue weighted by Crippen LogP contribution is 2.50. The largest absolute Gasteiger partial charge is 0.367 e. The first kappa shape index (κ1) is 13.1. The SMILES string of the molecule is CCCP(=O)(F)OC(C)CC(C)C. The lowest BCUT2D eigenvalue weighted by atomic mass is 10.1. The molecule has 0 rings (SSSR count). The molecule has 0 amide bonds. The lowest BCUT2D eigenvalue weighted by molar-refractivity contribution is 0.181. The van der Waals surface area contributed by atoms with Crippen LogP contribution < -0.4 is 0 Å².